The third-order valence-corrected chi connectivity index (χ3v) is 7.24. The molecule has 2 aromatic heterocycles. The molecule has 0 aromatic carbocycles. The molecule has 0 saturated carbocycles. The van der Waals surface area contributed by atoms with E-state index < -0.39 is 0 Å². The predicted octanol–water partition coefficient (Wildman–Crippen LogP) is 3.15. The van der Waals surface area contributed by atoms with Crippen LogP contribution in [0.1, 0.15) is 47.8 Å². The Labute approximate surface area is 183 Å². The van der Waals surface area contributed by atoms with E-state index in [0.29, 0.717) is 12.6 Å². The van der Waals surface area contributed by atoms with Gasteiger partial charge in [-0.05, 0) is 64.8 Å². The number of aromatic nitrogens is 2. The van der Waals surface area contributed by atoms with E-state index in [2.05, 4.69) is 50.2 Å². The van der Waals surface area contributed by atoms with E-state index in [-0.39, 0.29) is 11.8 Å². The topological polar surface area (TPSA) is 61.4 Å². The van der Waals surface area contributed by atoms with Crippen molar-refractivity contribution in [3.8, 4) is 0 Å². The van der Waals surface area contributed by atoms with E-state index in [1.807, 2.05) is 12.3 Å². The van der Waals surface area contributed by atoms with Gasteiger partial charge in [-0.3, -0.25) is 14.7 Å². The van der Waals surface area contributed by atoms with Crippen LogP contribution in [-0.2, 0) is 17.9 Å². The predicted molar refractivity (Wildman–Crippen MR) is 120 cm³/mol. The van der Waals surface area contributed by atoms with Gasteiger partial charge in [0.15, 0.2) is 0 Å². The highest BCUT2D eigenvalue weighted by Gasteiger charge is 2.30. The van der Waals surface area contributed by atoms with Crippen molar-refractivity contribution in [1.29, 1.82) is 0 Å². The van der Waals surface area contributed by atoms with Crippen molar-refractivity contribution >= 4 is 17.2 Å². The van der Waals surface area contributed by atoms with Gasteiger partial charge in [0.1, 0.15) is 0 Å². The Morgan fingerprint density at radius 2 is 1.83 bits per heavy atom. The molecule has 4 heterocycles. The number of rotatable bonds is 6. The van der Waals surface area contributed by atoms with Crippen LogP contribution >= 0.6 is 11.3 Å². The number of thiazole rings is 1. The molecule has 0 spiro atoms. The van der Waals surface area contributed by atoms with Crippen LogP contribution in [0.4, 0.5) is 0 Å². The summed E-state index contributed by atoms with van der Waals surface area (Å²) in [4.78, 5) is 26.8. The van der Waals surface area contributed by atoms with E-state index in [1.165, 1.54) is 18.5 Å². The second-order valence-corrected chi connectivity index (χ2v) is 9.73. The molecular formula is C23H33N5OS. The fourth-order valence-electron chi connectivity index (χ4n) is 4.70. The third-order valence-electron chi connectivity index (χ3n) is 6.42. The fourth-order valence-corrected chi connectivity index (χ4v) is 5.31. The number of hydrogen-bond acceptors (Lipinski definition) is 6. The Hall–Kier alpha value is -1.83. The monoisotopic (exact) mass is 427 g/mol. The number of hydrogen-bond donors (Lipinski definition) is 1. The van der Waals surface area contributed by atoms with Gasteiger partial charge in [0.25, 0.3) is 0 Å². The number of carbonyl (C=O) groups excluding carboxylic acids is 1. The van der Waals surface area contributed by atoms with Crippen molar-refractivity contribution in [3.63, 3.8) is 0 Å². The largest absolute Gasteiger partial charge is 0.350 e. The lowest BCUT2D eigenvalue weighted by Crippen LogP contribution is -2.49. The minimum Gasteiger partial charge on any atom is -0.350 e. The number of nitrogens with one attached hydrogen (secondary N) is 1. The molecule has 0 bridgehead atoms. The van der Waals surface area contributed by atoms with Gasteiger partial charge in [-0.15, -0.1) is 11.3 Å². The quantitative estimate of drug-likeness (QED) is 0.767. The van der Waals surface area contributed by atoms with E-state index in [4.69, 9.17) is 0 Å². The molecule has 7 heteroatoms. The fraction of sp³-hybridized carbons (Fsp3) is 0.609. The Morgan fingerprint density at radius 3 is 2.50 bits per heavy atom. The molecule has 1 N–H and O–H groups in total. The molecule has 0 unspecified atom stereocenters. The smallest absolute Gasteiger partial charge is 0.223 e. The number of carbonyl (C=O) groups is 1. The molecule has 2 fully saturated rings. The van der Waals surface area contributed by atoms with Gasteiger partial charge < -0.3 is 10.2 Å². The zero-order valence-corrected chi connectivity index (χ0v) is 19.0. The van der Waals surface area contributed by atoms with E-state index in [9.17, 15) is 4.79 Å². The maximum Gasteiger partial charge on any atom is 0.223 e. The van der Waals surface area contributed by atoms with Crippen LogP contribution in [0.3, 0.4) is 0 Å². The van der Waals surface area contributed by atoms with Crippen LogP contribution in [0, 0.1) is 19.8 Å². The van der Waals surface area contributed by atoms with Gasteiger partial charge in [-0.2, -0.15) is 0 Å². The first kappa shape index (κ1) is 21.4. The number of piperidine rings is 2. The summed E-state index contributed by atoms with van der Waals surface area (Å²) >= 11 is 1.63. The summed E-state index contributed by atoms with van der Waals surface area (Å²) in [5.74, 6) is 0.342. The van der Waals surface area contributed by atoms with Gasteiger partial charge >= 0.3 is 0 Å². The Bertz CT molecular complexity index is 838. The minimum absolute atomic E-state index is 0.147. The molecule has 1 amide bonds. The first-order valence-electron chi connectivity index (χ1n) is 11.1. The maximum atomic E-state index is 12.5. The lowest BCUT2D eigenvalue weighted by atomic mass is 9.92. The van der Waals surface area contributed by atoms with Crippen LogP contribution in [0.2, 0.25) is 0 Å². The number of amides is 1. The highest BCUT2D eigenvalue weighted by molar-refractivity contribution is 7.09. The standard InChI is InChI=1S/C23H33N5OS/c1-17-4-3-5-20(25-17)15-27-10-8-22(9-11-27)28-12-6-19(7-13-28)23(29)24-14-21-16-30-18(2)26-21/h3-5,16,19,22H,6-15H2,1-2H3,(H,24,29). The normalized spacial score (nSPS) is 19.8. The molecule has 0 radical (unpaired) electrons. The summed E-state index contributed by atoms with van der Waals surface area (Å²) in [6.45, 7) is 9.90. The third kappa shape index (κ3) is 5.65. The molecule has 2 saturated heterocycles. The zero-order valence-electron chi connectivity index (χ0n) is 18.1. The van der Waals surface area contributed by atoms with Gasteiger partial charge in [-0.25, -0.2) is 4.98 Å². The molecule has 6 nitrogen and oxygen atoms in total. The number of aryl methyl sites for hydroxylation is 2. The van der Waals surface area contributed by atoms with E-state index in [0.717, 1.165) is 62.0 Å². The summed E-state index contributed by atoms with van der Waals surface area (Å²) < 4.78 is 0. The second-order valence-electron chi connectivity index (χ2n) is 8.66. The summed E-state index contributed by atoms with van der Waals surface area (Å²) in [5, 5.41) is 6.16. The first-order valence-corrected chi connectivity index (χ1v) is 12.0. The van der Waals surface area contributed by atoms with Crippen molar-refractivity contribution in [3.05, 3.63) is 45.7 Å². The summed E-state index contributed by atoms with van der Waals surface area (Å²) in [6, 6.07) is 6.95. The number of likely N-dealkylation sites (tertiary alicyclic amines) is 2. The van der Waals surface area contributed by atoms with Crippen molar-refractivity contribution in [2.24, 2.45) is 5.92 Å². The van der Waals surface area contributed by atoms with E-state index in [1.54, 1.807) is 11.3 Å². The average molecular weight is 428 g/mol. The van der Waals surface area contributed by atoms with Crippen LogP contribution in [0.25, 0.3) is 0 Å². The second kappa shape index (κ2) is 9.98. The van der Waals surface area contributed by atoms with Crippen molar-refractivity contribution in [2.75, 3.05) is 26.2 Å². The Morgan fingerprint density at radius 1 is 1.07 bits per heavy atom. The molecule has 162 valence electrons. The first-order chi connectivity index (χ1) is 14.6. The molecule has 2 aliphatic rings. The molecular weight excluding hydrogens is 394 g/mol. The number of nitrogens with zero attached hydrogens (tertiary/aromatic N) is 4. The molecule has 30 heavy (non-hydrogen) atoms. The highest BCUT2D eigenvalue weighted by atomic mass is 32.1. The van der Waals surface area contributed by atoms with E-state index >= 15 is 0 Å². The summed E-state index contributed by atoms with van der Waals surface area (Å²) in [5.41, 5.74) is 3.24. The lowest BCUT2D eigenvalue weighted by molar-refractivity contribution is -0.126. The van der Waals surface area contributed by atoms with Gasteiger partial charge in [0.2, 0.25) is 5.91 Å². The Kier molecular flexibility index (Phi) is 7.12. The molecule has 0 atom stereocenters. The van der Waals surface area contributed by atoms with Gasteiger partial charge in [0, 0.05) is 42.7 Å². The zero-order chi connectivity index (χ0) is 20.9. The molecule has 4 rings (SSSR count). The number of pyridine rings is 1. The summed E-state index contributed by atoms with van der Waals surface area (Å²) in [7, 11) is 0. The van der Waals surface area contributed by atoms with Crippen LogP contribution < -0.4 is 5.32 Å². The average Bonchev–Trinajstić information content (AvgIpc) is 3.18. The molecule has 2 aromatic rings. The minimum atomic E-state index is 0.147. The highest BCUT2D eigenvalue weighted by Crippen LogP contribution is 2.25. The van der Waals surface area contributed by atoms with Crippen LogP contribution in [0.15, 0.2) is 23.6 Å². The van der Waals surface area contributed by atoms with Crippen molar-refractivity contribution in [2.45, 2.75) is 58.7 Å². The maximum absolute atomic E-state index is 12.5. The molecule has 0 aliphatic carbocycles. The summed E-state index contributed by atoms with van der Waals surface area (Å²) in [6.07, 6.45) is 4.36. The van der Waals surface area contributed by atoms with Gasteiger partial charge in [0.05, 0.1) is 22.9 Å². The molecule has 2 aliphatic heterocycles. The van der Waals surface area contributed by atoms with Gasteiger partial charge in [-0.1, -0.05) is 6.07 Å². The lowest BCUT2D eigenvalue weighted by Gasteiger charge is -2.41. The SMILES string of the molecule is Cc1cccc(CN2CCC(N3CCC(C(=O)NCc4csc(C)n4)CC3)CC2)n1. The van der Waals surface area contributed by atoms with Crippen LogP contribution in [-0.4, -0.2) is 57.9 Å². The van der Waals surface area contributed by atoms with Crippen LogP contribution in [0.5, 0.6) is 0 Å². The van der Waals surface area contributed by atoms with Crippen molar-refractivity contribution in [1.82, 2.24) is 25.1 Å². The Balaban J connectivity index is 1.17. The van der Waals surface area contributed by atoms with Crippen molar-refractivity contribution < 1.29 is 4.79 Å².